The van der Waals surface area contributed by atoms with Crippen LogP contribution in [0.2, 0.25) is 0 Å². The second-order valence-corrected chi connectivity index (χ2v) is 7.92. The molecule has 13 heteroatoms. The molecule has 33 heavy (non-hydrogen) atoms. The van der Waals surface area contributed by atoms with E-state index in [0.29, 0.717) is 35.5 Å². The third-order valence-corrected chi connectivity index (χ3v) is 5.46. The Kier molecular flexibility index (Phi) is 6.58. The standard InChI is InChI=1S/C20H18F3N5O4S/c1-27(10-15-11-30-16-4-2-3-5-17(16)31-15)18(29)12-33-19-24-25-26-28(19)13-6-8-14(9-7-13)32-20(21,22)23/h2-9,15H,10-12H2,1H3. The molecule has 1 aliphatic heterocycles. The van der Waals surface area contributed by atoms with Gasteiger partial charge in [0, 0.05) is 7.05 Å². The Balaban J connectivity index is 1.32. The summed E-state index contributed by atoms with van der Waals surface area (Å²) in [6, 6.07) is 12.4. The quantitative estimate of drug-likeness (QED) is 0.476. The maximum Gasteiger partial charge on any atom is 0.573 e. The number of ether oxygens (including phenoxy) is 3. The number of amides is 1. The van der Waals surface area contributed by atoms with E-state index in [1.807, 2.05) is 18.2 Å². The molecule has 0 spiro atoms. The van der Waals surface area contributed by atoms with E-state index in [0.717, 1.165) is 23.9 Å². The number of nitrogens with zero attached hydrogens (tertiary/aromatic N) is 5. The second-order valence-electron chi connectivity index (χ2n) is 6.98. The Morgan fingerprint density at radius 1 is 1.21 bits per heavy atom. The van der Waals surface area contributed by atoms with Crippen molar-refractivity contribution in [1.29, 1.82) is 0 Å². The number of carbonyl (C=O) groups excluding carboxylic acids is 1. The van der Waals surface area contributed by atoms with Crippen molar-refractivity contribution < 1.29 is 32.2 Å². The van der Waals surface area contributed by atoms with E-state index in [1.165, 1.54) is 21.7 Å². The Morgan fingerprint density at radius 2 is 1.94 bits per heavy atom. The van der Waals surface area contributed by atoms with Gasteiger partial charge >= 0.3 is 6.36 Å². The summed E-state index contributed by atoms with van der Waals surface area (Å²) < 4.78 is 53.7. The third-order valence-electron chi connectivity index (χ3n) is 4.55. The Hall–Kier alpha value is -3.48. The molecular formula is C20H18F3N5O4S. The number of thioether (sulfide) groups is 1. The van der Waals surface area contributed by atoms with Crippen LogP contribution in [-0.4, -0.2) is 69.4 Å². The number of hydrogen-bond donors (Lipinski definition) is 0. The lowest BCUT2D eigenvalue weighted by Gasteiger charge is -2.29. The van der Waals surface area contributed by atoms with Crippen molar-refractivity contribution in [3.8, 4) is 22.9 Å². The number of alkyl halides is 3. The van der Waals surface area contributed by atoms with E-state index < -0.39 is 6.36 Å². The molecule has 0 N–H and O–H groups in total. The van der Waals surface area contributed by atoms with Crippen molar-refractivity contribution in [2.24, 2.45) is 0 Å². The van der Waals surface area contributed by atoms with Crippen LogP contribution in [0.1, 0.15) is 0 Å². The predicted octanol–water partition coefficient (Wildman–Crippen LogP) is 2.95. The number of fused-ring (bicyclic) bond motifs is 1. The lowest BCUT2D eigenvalue weighted by Crippen LogP contribution is -2.42. The van der Waals surface area contributed by atoms with Crippen LogP contribution >= 0.6 is 11.8 Å². The van der Waals surface area contributed by atoms with Crippen LogP contribution < -0.4 is 14.2 Å². The number of rotatable bonds is 7. The van der Waals surface area contributed by atoms with Crippen molar-refractivity contribution in [1.82, 2.24) is 25.1 Å². The number of likely N-dealkylation sites (N-methyl/N-ethyl adjacent to an activating group) is 1. The summed E-state index contributed by atoms with van der Waals surface area (Å²) in [4.78, 5) is 14.1. The molecule has 1 atom stereocenters. The molecule has 9 nitrogen and oxygen atoms in total. The Morgan fingerprint density at radius 3 is 2.67 bits per heavy atom. The number of hydrogen-bond acceptors (Lipinski definition) is 8. The molecule has 1 unspecified atom stereocenters. The first kappa shape index (κ1) is 22.7. The van der Waals surface area contributed by atoms with Crippen LogP contribution in [0.5, 0.6) is 17.2 Å². The minimum absolute atomic E-state index is 0.0519. The van der Waals surface area contributed by atoms with Gasteiger partial charge in [0.25, 0.3) is 0 Å². The smallest absolute Gasteiger partial charge is 0.486 e. The molecule has 1 aliphatic rings. The number of benzene rings is 2. The highest BCUT2D eigenvalue weighted by Crippen LogP contribution is 2.31. The summed E-state index contributed by atoms with van der Waals surface area (Å²) in [5, 5.41) is 11.6. The number of carbonyl (C=O) groups is 1. The van der Waals surface area contributed by atoms with Gasteiger partial charge in [-0.3, -0.25) is 4.79 Å². The second kappa shape index (κ2) is 9.57. The largest absolute Gasteiger partial charge is 0.573 e. The average Bonchev–Trinajstić information content (AvgIpc) is 3.25. The summed E-state index contributed by atoms with van der Waals surface area (Å²) in [5.41, 5.74) is 0.421. The maximum absolute atomic E-state index is 12.6. The minimum Gasteiger partial charge on any atom is -0.486 e. The lowest BCUT2D eigenvalue weighted by atomic mass is 10.2. The number of halogens is 3. The SMILES string of the molecule is CN(CC1COc2ccccc2O1)C(=O)CSc1nnnn1-c1ccc(OC(F)(F)F)cc1. The molecular weight excluding hydrogens is 463 g/mol. The molecule has 2 heterocycles. The normalized spacial score (nSPS) is 15.2. The Labute approximate surface area is 190 Å². The van der Waals surface area contributed by atoms with Gasteiger partial charge in [-0.05, 0) is 46.8 Å². The van der Waals surface area contributed by atoms with Gasteiger partial charge in [-0.25, -0.2) is 0 Å². The first-order valence-corrected chi connectivity index (χ1v) is 10.7. The molecule has 0 radical (unpaired) electrons. The minimum atomic E-state index is -4.78. The summed E-state index contributed by atoms with van der Waals surface area (Å²) in [7, 11) is 1.66. The molecule has 0 bridgehead atoms. The monoisotopic (exact) mass is 481 g/mol. The fraction of sp³-hybridized carbons (Fsp3) is 0.300. The van der Waals surface area contributed by atoms with E-state index in [9.17, 15) is 18.0 Å². The van der Waals surface area contributed by atoms with Crippen molar-refractivity contribution in [2.45, 2.75) is 17.6 Å². The summed E-state index contributed by atoms with van der Waals surface area (Å²) in [6.45, 7) is 0.660. The first-order valence-electron chi connectivity index (χ1n) is 9.68. The van der Waals surface area contributed by atoms with Gasteiger partial charge in [0.15, 0.2) is 17.6 Å². The van der Waals surface area contributed by atoms with E-state index in [2.05, 4.69) is 20.3 Å². The fourth-order valence-corrected chi connectivity index (χ4v) is 3.85. The molecule has 174 valence electrons. The van der Waals surface area contributed by atoms with E-state index in [-0.39, 0.29) is 23.5 Å². The van der Waals surface area contributed by atoms with Crippen LogP contribution in [0.25, 0.3) is 5.69 Å². The molecule has 4 rings (SSSR count). The third kappa shape index (κ3) is 5.86. The molecule has 0 saturated carbocycles. The van der Waals surface area contributed by atoms with Crippen LogP contribution in [0, 0.1) is 0 Å². The van der Waals surface area contributed by atoms with Crippen molar-refractivity contribution in [3.05, 3.63) is 48.5 Å². The maximum atomic E-state index is 12.6. The van der Waals surface area contributed by atoms with Gasteiger partial charge in [0.05, 0.1) is 18.0 Å². The summed E-state index contributed by atoms with van der Waals surface area (Å²) >= 11 is 1.10. The molecule has 1 amide bonds. The van der Waals surface area contributed by atoms with Gasteiger partial charge in [0.1, 0.15) is 12.4 Å². The molecule has 2 aromatic carbocycles. The molecule has 0 saturated heterocycles. The lowest BCUT2D eigenvalue weighted by molar-refractivity contribution is -0.274. The molecule has 3 aromatic rings. The van der Waals surface area contributed by atoms with E-state index in [1.54, 1.807) is 13.1 Å². The van der Waals surface area contributed by atoms with Crippen LogP contribution in [-0.2, 0) is 4.79 Å². The summed E-state index contributed by atoms with van der Waals surface area (Å²) in [5.74, 6) is 0.821. The number of para-hydroxylation sites is 2. The highest BCUT2D eigenvalue weighted by Gasteiger charge is 2.31. The van der Waals surface area contributed by atoms with Crippen molar-refractivity contribution in [3.63, 3.8) is 0 Å². The van der Waals surface area contributed by atoms with E-state index in [4.69, 9.17) is 9.47 Å². The summed E-state index contributed by atoms with van der Waals surface area (Å²) in [6.07, 6.45) is -5.08. The van der Waals surface area contributed by atoms with Gasteiger partial charge in [-0.1, -0.05) is 23.9 Å². The van der Waals surface area contributed by atoms with Gasteiger partial charge < -0.3 is 19.1 Å². The zero-order valence-corrected chi connectivity index (χ0v) is 18.0. The van der Waals surface area contributed by atoms with Crippen molar-refractivity contribution in [2.75, 3.05) is 26.0 Å². The van der Waals surface area contributed by atoms with Crippen LogP contribution in [0.3, 0.4) is 0 Å². The average molecular weight is 481 g/mol. The number of tetrazole rings is 1. The zero-order chi connectivity index (χ0) is 23.4. The van der Waals surface area contributed by atoms with Crippen molar-refractivity contribution >= 4 is 17.7 Å². The highest BCUT2D eigenvalue weighted by molar-refractivity contribution is 7.99. The van der Waals surface area contributed by atoms with Gasteiger partial charge in [-0.15, -0.1) is 18.3 Å². The van der Waals surface area contributed by atoms with Crippen LogP contribution in [0.4, 0.5) is 13.2 Å². The molecule has 1 aromatic heterocycles. The van der Waals surface area contributed by atoms with Gasteiger partial charge in [-0.2, -0.15) is 4.68 Å². The number of aromatic nitrogens is 4. The van der Waals surface area contributed by atoms with Crippen LogP contribution in [0.15, 0.2) is 53.7 Å². The highest BCUT2D eigenvalue weighted by atomic mass is 32.2. The topological polar surface area (TPSA) is 91.6 Å². The predicted molar refractivity (Wildman–Crippen MR) is 111 cm³/mol. The molecule has 0 fully saturated rings. The van der Waals surface area contributed by atoms with Gasteiger partial charge in [0.2, 0.25) is 11.1 Å². The zero-order valence-electron chi connectivity index (χ0n) is 17.2. The Bertz CT molecular complexity index is 1110. The van der Waals surface area contributed by atoms with E-state index >= 15 is 0 Å². The first-order chi connectivity index (χ1) is 15.8. The molecule has 0 aliphatic carbocycles. The fourth-order valence-electron chi connectivity index (χ4n) is 3.02.